The molecule has 0 bridgehead atoms. The number of nitrogens with one attached hydrogen (secondary N) is 1. The zero-order valence-corrected chi connectivity index (χ0v) is 16.6. The maximum atomic E-state index is 12.8. The first-order valence-electron chi connectivity index (χ1n) is 9.00. The molecule has 0 radical (unpaired) electrons. The number of hydrogen-bond donors (Lipinski definition) is 1. The van der Waals surface area contributed by atoms with E-state index in [9.17, 15) is 9.90 Å². The van der Waals surface area contributed by atoms with E-state index in [1.807, 2.05) is 61.5 Å². The molecular weight excluding hydrogens is 388 g/mol. The maximum Gasteiger partial charge on any atom is 0.298 e. The minimum Gasteiger partial charge on any atom is -0.538 e. The first-order valence-corrected chi connectivity index (χ1v) is 9.88. The Morgan fingerprint density at radius 3 is 2.76 bits per heavy atom. The van der Waals surface area contributed by atoms with Gasteiger partial charge in [-0.25, -0.2) is 0 Å². The van der Waals surface area contributed by atoms with Gasteiger partial charge in [-0.1, -0.05) is 23.8 Å². The van der Waals surface area contributed by atoms with Gasteiger partial charge in [0.05, 0.1) is 21.7 Å². The SMILES string of the molecule is Cc1ccc(-[n+]2noc([O-])c2SC(C)C(=O)Nc2cccc3ncccc23)cc1. The van der Waals surface area contributed by atoms with E-state index in [-0.39, 0.29) is 10.9 Å². The second kappa shape index (κ2) is 7.92. The Labute approximate surface area is 171 Å². The van der Waals surface area contributed by atoms with Gasteiger partial charge < -0.3 is 14.9 Å². The molecule has 4 aromatic rings. The Bertz CT molecular complexity index is 1170. The van der Waals surface area contributed by atoms with Crippen LogP contribution in [-0.2, 0) is 4.79 Å². The van der Waals surface area contributed by atoms with Gasteiger partial charge in [-0.2, -0.15) is 0 Å². The third-order valence-electron chi connectivity index (χ3n) is 4.41. The summed E-state index contributed by atoms with van der Waals surface area (Å²) in [4.78, 5) is 17.1. The van der Waals surface area contributed by atoms with Crippen LogP contribution in [0.5, 0.6) is 5.95 Å². The van der Waals surface area contributed by atoms with Crippen LogP contribution in [0.2, 0.25) is 0 Å². The third-order valence-corrected chi connectivity index (χ3v) is 5.54. The highest BCUT2D eigenvalue weighted by Gasteiger charge is 2.26. The minimum absolute atomic E-state index is 0.234. The van der Waals surface area contributed by atoms with Gasteiger partial charge in [0, 0.05) is 23.7 Å². The number of rotatable bonds is 5. The average Bonchev–Trinajstić information content (AvgIpc) is 3.09. The van der Waals surface area contributed by atoms with Crippen molar-refractivity contribution in [3.8, 4) is 11.6 Å². The molecule has 4 rings (SSSR count). The van der Waals surface area contributed by atoms with Crippen LogP contribution in [0.1, 0.15) is 12.5 Å². The lowest BCUT2D eigenvalue weighted by Crippen LogP contribution is -2.36. The van der Waals surface area contributed by atoms with Crippen molar-refractivity contribution in [1.29, 1.82) is 0 Å². The lowest BCUT2D eigenvalue weighted by atomic mass is 10.2. The minimum atomic E-state index is -0.579. The monoisotopic (exact) mass is 406 g/mol. The van der Waals surface area contributed by atoms with Crippen LogP contribution in [-0.4, -0.2) is 21.4 Å². The molecule has 1 amide bonds. The van der Waals surface area contributed by atoms with E-state index in [1.54, 1.807) is 13.1 Å². The van der Waals surface area contributed by atoms with Crippen LogP contribution in [0, 0.1) is 6.92 Å². The zero-order chi connectivity index (χ0) is 20.4. The summed E-state index contributed by atoms with van der Waals surface area (Å²) in [6, 6.07) is 16.8. The number of benzene rings is 2. The van der Waals surface area contributed by atoms with Crippen LogP contribution in [0.15, 0.2) is 70.3 Å². The van der Waals surface area contributed by atoms with E-state index in [0.29, 0.717) is 11.4 Å². The molecule has 0 saturated carbocycles. The van der Waals surface area contributed by atoms with Gasteiger partial charge in [0.2, 0.25) is 11.6 Å². The van der Waals surface area contributed by atoms with Crippen molar-refractivity contribution < 1.29 is 19.1 Å². The number of carbonyl (C=O) groups is 1. The molecule has 2 aromatic heterocycles. The number of fused-ring (bicyclic) bond motifs is 1. The van der Waals surface area contributed by atoms with Gasteiger partial charge in [-0.05, 0) is 54.6 Å². The maximum absolute atomic E-state index is 12.8. The molecule has 1 unspecified atom stereocenters. The number of aryl methyl sites for hydroxylation is 1. The van der Waals surface area contributed by atoms with E-state index in [0.717, 1.165) is 28.2 Å². The molecule has 29 heavy (non-hydrogen) atoms. The van der Waals surface area contributed by atoms with Gasteiger partial charge in [0.25, 0.3) is 5.03 Å². The number of carbonyl (C=O) groups excluding carboxylic acids is 1. The van der Waals surface area contributed by atoms with Crippen LogP contribution < -0.4 is 15.1 Å². The van der Waals surface area contributed by atoms with E-state index < -0.39 is 11.2 Å². The summed E-state index contributed by atoms with van der Waals surface area (Å²) >= 11 is 1.10. The standard InChI is InChI=1S/C21H18N4O3S/c1-13-8-10-15(11-9-13)25-20(21(27)28-24-25)29-14(2)19(26)23-18-7-3-6-17-16(18)5-4-12-22-17/h3-12,14H,1-2H3,(H-,22,23,24,26,27). The summed E-state index contributed by atoms with van der Waals surface area (Å²) in [6.45, 7) is 3.70. The molecule has 2 heterocycles. The van der Waals surface area contributed by atoms with Crippen LogP contribution in [0.3, 0.4) is 0 Å². The van der Waals surface area contributed by atoms with E-state index in [1.165, 1.54) is 4.68 Å². The Morgan fingerprint density at radius 1 is 1.17 bits per heavy atom. The highest BCUT2D eigenvalue weighted by atomic mass is 32.2. The number of hydrogen-bond acceptors (Lipinski definition) is 6. The molecule has 0 aliphatic carbocycles. The smallest absolute Gasteiger partial charge is 0.298 e. The van der Waals surface area contributed by atoms with Crippen molar-refractivity contribution in [1.82, 2.24) is 10.3 Å². The van der Waals surface area contributed by atoms with Gasteiger partial charge >= 0.3 is 0 Å². The highest BCUT2D eigenvalue weighted by Crippen LogP contribution is 2.29. The number of amides is 1. The largest absolute Gasteiger partial charge is 0.538 e. The lowest BCUT2D eigenvalue weighted by Gasteiger charge is -2.12. The second-order valence-corrected chi connectivity index (χ2v) is 7.87. The molecule has 2 aromatic carbocycles. The fraction of sp³-hybridized carbons (Fsp3) is 0.143. The van der Waals surface area contributed by atoms with Crippen molar-refractivity contribution in [2.24, 2.45) is 0 Å². The normalized spacial score (nSPS) is 12.1. The topological polar surface area (TPSA) is 95.0 Å². The van der Waals surface area contributed by atoms with Crippen molar-refractivity contribution in [3.63, 3.8) is 0 Å². The number of pyridine rings is 1. The highest BCUT2D eigenvalue weighted by molar-refractivity contribution is 8.00. The predicted molar refractivity (Wildman–Crippen MR) is 108 cm³/mol. The Kier molecular flexibility index (Phi) is 5.18. The van der Waals surface area contributed by atoms with Crippen LogP contribution in [0.4, 0.5) is 5.69 Å². The van der Waals surface area contributed by atoms with Crippen LogP contribution >= 0.6 is 11.8 Å². The van der Waals surface area contributed by atoms with E-state index in [2.05, 4.69) is 15.6 Å². The van der Waals surface area contributed by atoms with E-state index >= 15 is 0 Å². The molecule has 0 saturated heterocycles. The van der Waals surface area contributed by atoms with Crippen LogP contribution in [0.25, 0.3) is 16.6 Å². The van der Waals surface area contributed by atoms with E-state index in [4.69, 9.17) is 4.52 Å². The lowest BCUT2D eigenvalue weighted by molar-refractivity contribution is -0.705. The van der Waals surface area contributed by atoms with Gasteiger partial charge in [0.15, 0.2) is 5.95 Å². The summed E-state index contributed by atoms with van der Waals surface area (Å²) in [5, 5.41) is 19.5. The Balaban J connectivity index is 1.55. The third kappa shape index (κ3) is 3.93. The molecule has 0 aliphatic rings. The summed E-state index contributed by atoms with van der Waals surface area (Å²) in [6.07, 6.45) is 1.71. The van der Waals surface area contributed by atoms with Gasteiger partial charge in [-0.15, -0.1) is 0 Å². The number of aromatic nitrogens is 3. The first kappa shape index (κ1) is 18.9. The summed E-state index contributed by atoms with van der Waals surface area (Å²) in [5.74, 6) is -0.813. The average molecular weight is 406 g/mol. The van der Waals surface area contributed by atoms with Crippen molar-refractivity contribution in [3.05, 3.63) is 66.4 Å². The Morgan fingerprint density at radius 2 is 1.97 bits per heavy atom. The predicted octanol–water partition coefficient (Wildman–Crippen LogP) is 3.00. The quantitative estimate of drug-likeness (QED) is 0.404. The molecule has 146 valence electrons. The molecule has 7 nitrogen and oxygen atoms in total. The Hall–Kier alpha value is -3.39. The molecule has 1 N–H and O–H groups in total. The summed E-state index contributed by atoms with van der Waals surface area (Å²) < 4.78 is 6.25. The number of thioether (sulfide) groups is 1. The van der Waals surface area contributed by atoms with Gasteiger partial charge in [-0.3, -0.25) is 9.78 Å². The van der Waals surface area contributed by atoms with Crippen molar-refractivity contribution in [2.75, 3.05) is 5.32 Å². The number of nitrogens with zero attached hydrogens (tertiary/aromatic N) is 3. The zero-order valence-electron chi connectivity index (χ0n) is 15.8. The van der Waals surface area contributed by atoms with Crippen molar-refractivity contribution in [2.45, 2.75) is 24.1 Å². The second-order valence-electron chi connectivity index (χ2n) is 6.54. The molecule has 0 fully saturated rings. The molecular formula is C21H18N4O3S. The number of anilines is 1. The summed E-state index contributed by atoms with van der Waals surface area (Å²) in [5.41, 5.74) is 3.25. The van der Waals surface area contributed by atoms with Crippen molar-refractivity contribution >= 4 is 34.3 Å². The fourth-order valence-corrected chi connectivity index (χ4v) is 3.73. The fourth-order valence-electron chi connectivity index (χ4n) is 2.86. The van der Waals surface area contributed by atoms with Gasteiger partial charge in [0.1, 0.15) is 0 Å². The molecule has 8 heteroatoms. The molecule has 1 atom stereocenters. The molecule has 0 aliphatic heterocycles. The summed E-state index contributed by atoms with van der Waals surface area (Å²) in [7, 11) is 0. The molecule has 0 spiro atoms. The first-order chi connectivity index (χ1) is 14.0.